The van der Waals surface area contributed by atoms with Crippen molar-refractivity contribution in [2.45, 2.75) is 116 Å². The normalized spacial score (nSPS) is 11.0. The molecule has 414 valence electrons. The molecule has 0 saturated heterocycles. The summed E-state index contributed by atoms with van der Waals surface area (Å²) in [6.45, 7) is 32.7. The van der Waals surface area contributed by atoms with E-state index in [1.807, 2.05) is 83.1 Å². The molecule has 2 aliphatic rings. The van der Waals surface area contributed by atoms with Gasteiger partial charge in [0.2, 0.25) is 0 Å². The molecule has 3 aromatic heterocycles. The lowest BCUT2D eigenvalue weighted by atomic mass is 9.70. The van der Waals surface area contributed by atoms with E-state index in [1.54, 1.807) is 0 Å². The van der Waals surface area contributed by atoms with Gasteiger partial charge in [-0.05, 0) is 120 Å². The standard InChI is InChI=1S/C25H16.C18H13N.2C11H13N.6C2H6/c1-5-13-21-17(9-1)18-10-2-6-14-22(18)25(21)23-15-7-3-11-19(23)20-12-4-8-16-24(20)25;1-2-8-14(9-3-1)19-17-12-6-4-10-15(17)16-11-5-7-13-18(16)19;2*1-8-9(2)12(3)11-7-5-4-6-10(8)11;6*1-2/h1-16H;1-13H;2*4-7H,1-3H3;6*1-2H3. The van der Waals surface area contributed by atoms with Crippen molar-refractivity contribution in [3.05, 3.63) is 269 Å². The van der Waals surface area contributed by atoms with Crippen LogP contribution in [-0.4, -0.2) is 13.7 Å². The van der Waals surface area contributed by atoms with Crippen molar-refractivity contribution in [2.24, 2.45) is 14.1 Å². The molecule has 0 unspecified atom stereocenters. The van der Waals surface area contributed by atoms with E-state index in [9.17, 15) is 0 Å². The summed E-state index contributed by atoms with van der Waals surface area (Å²) in [6.07, 6.45) is 0. The van der Waals surface area contributed by atoms with Crippen LogP contribution in [0.15, 0.2) is 224 Å². The molecular formula is C77H91N3. The maximum absolute atomic E-state index is 2.32. The Hall–Kier alpha value is -8.14. The highest BCUT2D eigenvalue weighted by Crippen LogP contribution is 2.62. The van der Waals surface area contributed by atoms with Crippen LogP contribution in [0.5, 0.6) is 0 Å². The average Bonchev–Trinajstić information content (AvgIpc) is 4.31. The molecule has 0 radical (unpaired) electrons. The fraction of sp³-hybridized carbons (Fsp3) is 0.247. The molecule has 0 fully saturated rings. The lowest BCUT2D eigenvalue weighted by Gasteiger charge is -2.30. The van der Waals surface area contributed by atoms with Gasteiger partial charge in [-0.15, -0.1) is 0 Å². The summed E-state index contributed by atoms with van der Waals surface area (Å²) >= 11 is 0. The van der Waals surface area contributed by atoms with Crippen LogP contribution < -0.4 is 0 Å². The molecule has 9 aromatic carbocycles. The molecule has 12 aromatic rings. The van der Waals surface area contributed by atoms with E-state index in [-0.39, 0.29) is 5.41 Å². The maximum atomic E-state index is 2.32. The Kier molecular flexibility index (Phi) is 23.7. The first-order valence-electron chi connectivity index (χ1n) is 29.7. The zero-order valence-corrected chi connectivity index (χ0v) is 51.7. The molecule has 1 spiro atoms. The van der Waals surface area contributed by atoms with Crippen molar-refractivity contribution < 1.29 is 0 Å². The molecule has 0 saturated carbocycles. The molecule has 2 aliphatic carbocycles. The summed E-state index contributed by atoms with van der Waals surface area (Å²) < 4.78 is 6.81. The van der Waals surface area contributed by atoms with Crippen molar-refractivity contribution in [3.63, 3.8) is 0 Å². The van der Waals surface area contributed by atoms with Crippen LogP contribution in [0.2, 0.25) is 0 Å². The van der Waals surface area contributed by atoms with Crippen LogP contribution in [-0.2, 0) is 19.5 Å². The summed E-state index contributed by atoms with van der Waals surface area (Å²) in [5, 5.41) is 5.36. The molecule has 3 nitrogen and oxygen atoms in total. The predicted octanol–water partition coefficient (Wildman–Crippen LogP) is 22.6. The Morgan fingerprint density at radius 2 is 0.487 bits per heavy atom. The number of aryl methyl sites for hydroxylation is 4. The largest absolute Gasteiger partial charge is 0.348 e. The number of fused-ring (bicyclic) bond motifs is 15. The minimum absolute atomic E-state index is 0.180. The van der Waals surface area contributed by atoms with Gasteiger partial charge >= 0.3 is 0 Å². The van der Waals surface area contributed by atoms with Gasteiger partial charge in [0.15, 0.2) is 0 Å². The zero-order valence-electron chi connectivity index (χ0n) is 51.7. The third-order valence-electron chi connectivity index (χ3n) is 14.9. The van der Waals surface area contributed by atoms with Crippen molar-refractivity contribution in [2.75, 3.05) is 0 Å². The van der Waals surface area contributed by atoms with Crippen LogP contribution >= 0.6 is 0 Å². The van der Waals surface area contributed by atoms with Crippen molar-refractivity contribution in [1.29, 1.82) is 0 Å². The first kappa shape index (κ1) is 62.7. The molecule has 0 amide bonds. The molecule has 0 atom stereocenters. The van der Waals surface area contributed by atoms with E-state index >= 15 is 0 Å². The summed E-state index contributed by atoms with van der Waals surface area (Å²) in [4.78, 5) is 0. The number of hydrogen-bond donors (Lipinski definition) is 0. The zero-order chi connectivity index (χ0) is 58.5. The number of aromatic nitrogens is 3. The number of nitrogens with zero attached hydrogens (tertiary/aromatic N) is 3. The van der Waals surface area contributed by atoms with Crippen LogP contribution in [0, 0.1) is 27.7 Å². The van der Waals surface area contributed by atoms with Gasteiger partial charge in [0.25, 0.3) is 0 Å². The van der Waals surface area contributed by atoms with Crippen LogP contribution in [0.4, 0.5) is 0 Å². The Balaban J connectivity index is 0.000000191. The second-order valence-electron chi connectivity index (χ2n) is 18.2. The van der Waals surface area contributed by atoms with E-state index in [1.165, 1.54) is 116 Å². The monoisotopic (exact) mass is 1060 g/mol. The molecule has 14 rings (SSSR count). The Labute approximate surface area is 482 Å². The van der Waals surface area contributed by atoms with E-state index in [2.05, 4.69) is 280 Å². The fourth-order valence-electron chi connectivity index (χ4n) is 11.2. The Morgan fingerprint density at radius 3 is 0.787 bits per heavy atom. The fourth-order valence-corrected chi connectivity index (χ4v) is 11.2. The first-order valence-corrected chi connectivity index (χ1v) is 29.7. The van der Waals surface area contributed by atoms with Gasteiger partial charge < -0.3 is 13.7 Å². The predicted molar refractivity (Wildman–Crippen MR) is 356 cm³/mol. The van der Waals surface area contributed by atoms with Gasteiger partial charge in [-0.1, -0.05) is 271 Å². The van der Waals surface area contributed by atoms with Crippen molar-refractivity contribution in [3.8, 4) is 27.9 Å². The van der Waals surface area contributed by atoms with E-state index in [0.717, 1.165) is 0 Å². The Morgan fingerprint density at radius 1 is 0.250 bits per heavy atom. The Bertz CT molecular complexity index is 3420. The minimum Gasteiger partial charge on any atom is -0.348 e. The quantitative estimate of drug-likeness (QED) is 0.156. The second kappa shape index (κ2) is 30.3. The highest BCUT2D eigenvalue weighted by molar-refractivity contribution is 6.09. The molecule has 0 bridgehead atoms. The first-order chi connectivity index (χ1) is 39.3. The van der Waals surface area contributed by atoms with Gasteiger partial charge in [-0.25, -0.2) is 0 Å². The highest BCUT2D eigenvalue weighted by Gasteiger charge is 2.51. The third-order valence-corrected chi connectivity index (χ3v) is 14.9. The van der Waals surface area contributed by atoms with E-state index in [0.29, 0.717) is 0 Å². The highest BCUT2D eigenvalue weighted by atomic mass is 15.0. The molecule has 0 aliphatic heterocycles. The number of para-hydroxylation sites is 5. The van der Waals surface area contributed by atoms with Gasteiger partial charge in [0.1, 0.15) is 0 Å². The number of benzene rings is 9. The second-order valence-corrected chi connectivity index (χ2v) is 18.2. The van der Waals surface area contributed by atoms with Crippen LogP contribution in [0.25, 0.3) is 71.6 Å². The maximum Gasteiger partial charge on any atom is 0.0725 e. The summed E-state index contributed by atoms with van der Waals surface area (Å²) in [5.74, 6) is 0. The number of hydrogen-bond acceptors (Lipinski definition) is 0. The van der Waals surface area contributed by atoms with E-state index < -0.39 is 0 Å². The summed E-state index contributed by atoms with van der Waals surface area (Å²) in [5.41, 5.74) is 22.8. The van der Waals surface area contributed by atoms with Gasteiger partial charge in [-0.3, -0.25) is 0 Å². The van der Waals surface area contributed by atoms with Crippen molar-refractivity contribution in [1.82, 2.24) is 13.7 Å². The van der Waals surface area contributed by atoms with E-state index in [4.69, 9.17) is 0 Å². The molecule has 80 heavy (non-hydrogen) atoms. The van der Waals surface area contributed by atoms with Gasteiger partial charge in [-0.2, -0.15) is 0 Å². The summed E-state index contributed by atoms with van der Waals surface area (Å²) in [7, 11) is 4.23. The topological polar surface area (TPSA) is 14.8 Å². The van der Waals surface area contributed by atoms with Gasteiger partial charge in [0.05, 0.1) is 16.4 Å². The molecule has 0 N–H and O–H groups in total. The summed E-state index contributed by atoms with van der Waals surface area (Å²) in [6, 6.07) is 80.4. The SMILES string of the molecule is CC.CC.CC.CC.CC.CC.Cc1c(C)n(C)c2ccccc12.Cc1c(C)n(C)c2ccccc12.c1ccc(-n2c3ccccc3c3ccccc32)cc1.c1ccc2c(c1)-c1ccccc1C21c2ccccc2-c2ccccc21. The molecular weight excluding hydrogens is 967 g/mol. The van der Waals surface area contributed by atoms with Crippen molar-refractivity contribution >= 4 is 43.6 Å². The molecule has 3 heterocycles. The van der Waals surface area contributed by atoms with Crippen LogP contribution in [0.3, 0.4) is 0 Å². The number of rotatable bonds is 1. The lowest BCUT2D eigenvalue weighted by molar-refractivity contribution is 0.794. The van der Waals surface area contributed by atoms with Gasteiger partial charge in [0, 0.05) is 63.7 Å². The lowest BCUT2D eigenvalue weighted by Crippen LogP contribution is -2.25. The average molecular weight is 1060 g/mol. The molecule has 3 heteroatoms. The minimum atomic E-state index is -0.180. The smallest absolute Gasteiger partial charge is 0.0725 e. The van der Waals surface area contributed by atoms with Crippen LogP contribution in [0.1, 0.15) is 128 Å². The third kappa shape index (κ3) is 11.8.